The Hall–Kier alpha value is 0.284. The molecule has 0 bridgehead atoms. The molecule has 1 nitrogen and oxygen atoms in total. The predicted octanol–water partition coefficient (Wildman–Crippen LogP) is 1.66. The molecule has 0 aromatic carbocycles. The van der Waals surface area contributed by atoms with Crippen molar-refractivity contribution in [1.29, 1.82) is 0 Å². The van der Waals surface area contributed by atoms with Crippen LogP contribution in [0.15, 0.2) is 24.3 Å². The second-order valence-corrected chi connectivity index (χ2v) is 1.64. The van der Waals surface area contributed by atoms with Gasteiger partial charge in [-0.25, -0.2) is 0 Å². The van der Waals surface area contributed by atoms with Crippen LogP contribution in [0.25, 0.3) is 0 Å². The summed E-state index contributed by atoms with van der Waals surface area (Å²) in [4.78, 5) is 0. The van der Waals surface area contributed by atoms with Crippen LogP contribution in [0.5, 0.6) is 0 Å². The van der Waals surface area contributed by atoms with E-state index in [1.165, 1.54) is 0 Å². The first-order valence-corrected chi connectivity index (χ1v) is 3.32. The summed E-state index contributed by atoms with van der Waals surface area (Å²) in [6, 6.07) is 0. The van der Waals surface area contributed by atoms with Crippen molar-refractivity contribution in [3.8, 4) is 0 Å². The number of allylic oxidation sites excluding steroid dienone is 5. The largest absolute Gasteiger partial charge is 0.405 e. The van der Waals surface area contributed by atoms with Gasteiger partial charge in [0.25, 0.3) is 0 Å². The van der Waals surface area contributed by atoms with Gasteiger partial charge in [0.15, 0.2) is 0 Å². The molecular weight excluding hydrogens is 213 g/mol. The molecule has 0 aliphatic rings. The average Bonchev–Trinajstić information content (AvgIpc) is 1.97. The number of rotatable bonds is 4. The summed E-state index contributed by atoms with van der Waals surface area (Å²) in [6.45, 7) is 2.09. The van der Waals surface area contributed by atoms with Crippen molar-refractivity contribution in [2.45, 2.75) is 13.3 Å². The number of hydrogen-bond acceptors (Lipinski definition) is 1. The Kier molecular flexibility index (Phi) is 16.3. The second kappa shape index (κ2) is 12.9. The Morgan fingerprint density at radius 1 is 1.36 bits per heavy atom. The fraction of sp³-hybridized carbons (Fsp3) is 0.333. The van der Waals surface area contributed by atoms with Crippen LogP contribution in [0.1, 0.15) is 13.3 Å². The van der Waals surface area contributed by atoms with Gasteiger partial charge in [-0.1, -0.05) is 6.92 Å². The Morgan fingerprint density at radius 3 is 2.64 bits per heavy atom. The van der Waals surface area contributed by atoms with Crippen molar-refractivity contribution in [1.82, 2.24) is 0 Å². The molecule has 2 heteroatoms. The minimum Gasteiger partial charge on any atom is -0.405 e. The molecule has 0 aromatic heterocycles. The summed E-state index contributed by atoms with van der Waals surface area (Å²) in [5.74, 6) is 0. The van der Waals surface area contributed by atoms with Gasteiger partial charge >= 0.3 is 0 Å². The molecule has 0 saturated heterocycles. The third-order valence-electron chi connectivity index (χ3n) is 0.821. The van der Waals surface area contributed by atoms with Crippen LogP contribution in [0.4, 0.5) is 0 Å². The Labute approximate surface area is 93.8 Å². The molecular formula is C9H12OY-2. The van der Waals surface area contributed by atoms with Crippen LogP contribution < -0.4 is 0 Å². The maximum Gasteiger partial charge on any atom is 0.0184 e. The molecule has 0 aliphatic heterocycles. The van der Waals surface area contributed by atoms with Gasteiger partial charge < -0.3 is 23.3 Å². The summed E-state index contributed by atoms with van der Waals surface area (Å²) in [7, 11) is 0. The fourth-order valence-corrected chi connectivity index (χ4v) is 0.401. The molecule has 0 fully saturated rings. The second-order valence-electron chi connectivity index (χ2n) is 1.64. The molecule has 1 N–H and O–H groups in total. The summed E-state index contributed by atoms with van der Waals surface area (Å²) in [6.07, 6.45) is 13.6. The number of aliphatic hydroxyl groups excluding tert-OH is 1. The summed E-state index contributed by atoms with van der Waals surface area (Å²) >= 11 is 0. The van der Waals surface area contributed by atoms with Gasteiger partial charge in [-0.05, 0) is 0 Å². The molecule has 0 saturated carbocycles. The molecule has 0 amide bonds. The SMILES string of the molecule is CC[C-]=CC=[C-]/C=C/CO.[Y]. The molecule has 0 spiro atoms. The molecule has 1 radical (unpaired) electrons. The molecule has 0 aliphatic carbocycles. The van der Waals surface area contributed by atoms with E-state index in [2.05, 4.69) is 12.2 Å². The van der Waals surface area contributed by atoms with E-state index in [1.54, 1.807) is 18.2 Å². The summed E-state index contributed by atoms with van der Waals surface area (Å²) in [5, 5.41) is 8.30. The van der Waals surface area contributed by atoms with Crippen molar-refractivity contribution in [3.63, 3.8) is 0 Å². The first-order chi connectivity index (χ1) is 4.91. The maximum absolute atomic E-state index is 8.30. The van der Waals surface area contributed by atoms with Gasteiger partial charge in [-0.15, -0.1) is 6.42 Å². The maximum atomic E-state index is 8.30. The quantitative estimate of drug-likeness (QED) is 0.569. The van der Waals surface area contributed by atoms with Crippen molar-refractivity contribution in [2.24, 2.45) is 0 Å². The standard InChI is InChI=1S/C9H12O.Y/c1-2-3-4-5-6-7-8-9-10;/h4-5,7-8,10H,2,9H2,1H3;/q-2;/b8-7+;. The van der Waals surface area contributed by atoms with Crippen molar-refractivity contribution < 1.29 is 37.8 Å². The molecule has 0 rings (SSSR count). The molecule has 11 heavy (non-hydrogen) atoms. The van der Waals surface area contributed by atoms with Crippen molar-refractivity contribution in [3.05, 3.63) is 36.5 Å². The average molecular weight is 225 g/mol. The van der Waals surface area contributed by atoms with E-state index in [1.807, 2.05) is 13.0 Å². The zero-order valence-electron chi connectivity index (χ0n) is 6.75. The third-order valence-corrected chi connectivity index (χ3v) is 0.821. The van der Waals surface area contributed by atoms with Crippen molar-refractivity contribution in [2.75, 3.05) is 6.61 Å². The van der Waals surface area contributed by atoms with Gasteiger partial charge in [-0.2, -0.15) is 12.2 Å². The molecule has 0 unspecified atom stereocenters. The molecule has 59 valence electrons. The summed E-state index contributed by atoms with van der Waals surface area (Å²) < 4.78 is 0. The van der Waals surface area contributed by atoms with E-state index in [0.29, 0.717) is 0 Å². The van der Waals surface area contributed by atoms with Crippen LogP contribution >= 0.6 is 0 Å². The zero-order chi connectivity index (χ0) is 7.66. The third kappa shape index (κ3) is 13.3. The Bertz CT molecular complexity index is 120. The zero-order valence-corrected chi connectivity index (χ0v) is 9.59. The van der Waals surface area contributed by atoms with Gasteiger partial charge in [0.2, 0.25) is 0 Å². The molecule has 0 aromatic rings. The number of aliphatic hydroxyl groups is 1. The molecule has 0 heterocycles. The first kappa shape index (κ1) is 13.8. The fourth-order valence-electron chi connectivity index (χ4n) is 0.401. The van der Waals surface area contributed by atoms with Crippen LogP contribution in [0.2, 0.25) is 0 Å². The van der Waals surface area contributed by atoms with Gasteiger partial charge in [0, 0.05) is 39.3 Å². The van der Waals surface area contributed by atoms with Crippen LogP contribution in [0, 0.1) is 12.2 Å². The first-order valence-electron chi connectivity index (χ1n) is 3.32. The van der Waals surface area contributed by atoms with E-state index in [4.69, 9.17) is 5.11 Å². The van der Waals surface area contributed by atoms with Crippen LogP contribution in [0.3, 0.4) is 0 Å². The van der Waals surface area contributed by atoms with Gasteiger partial charge in [0.05, 0.1) is 0 Å². The number of hydrogen-bond donors (Lipinski definition) is 1. The normalized spacial score (nSPS) is 11.5. The summed E-state index contributed by atoms with van der Waals surface area (Å²) in [5.41, 5.74) is 0. The predicted molar refractivity (Wildman–Crippen MR) is 42.1 cm³/mol. The van der Waals surface area contributed by atoms with Crippen LogP contribution in [-0.2, 0) is 32.7 Å². The van der Waals surface area contributed by atoms with E-state index in [0.717, 1.165) is 6.42 Å². The van der Waals surface area contributed by atoms with Crippen LogP contribution in [-0.4, -0.2) is 11.7 Å². The van der Waals surface area contributed by atoms with Gasteiger partial charge in [0.1, 0.15) is 0 Å². The van der Waals surface area contributed by atoms with E-state index < -0.39 is 0 Å². The van der Waals surface area contributed by atoms with E-state index >= 15 is 0 Å². The monoisotopic (exact) mass is 225 g/mol. The van der Waals surface area contributed by atoms with E-state index in [-0.39, 0.29) is 39.3 Å². The van der Waals surface area contributed by atoms with Crippen molar-refractivity contribution >= 4 is 0 Å². The molecule has 0 atom stereocenters. The Balaban J connectivity index is 0. The topological polar surface area (TPSA) is 20.2 Å². The Morgan fingerprint density at radius 2 is 2.09 bits per heavy atom. The minimum absolute atomic E-state index is 0. The van der Waals surface area contributed by atoms with E-state index in [9.17, 15) is 0 Å². The van der Waals surface area contributed by atoms with Gasteiger partial charge in [-0.3, -0.25) is 6.08 Å². The minimum atomic E-state index is 0. The smallest absolute Gasteiger partial charge is 0.0184 e.